The second kappa shape index (κ2) is 11.9. The van der Waals surface area contributed by atoms with Crippen LogP contribution in [0.1, 0.15) is 52.0 Å². The van der Waals surface area contributed by atoms with Gasteiger partial charge in [-0.15, -0.1) is 24.0 Å². The summed E-state index contributed by atoms with van der Waals surface area (Å²) in [5.41, 5.74) is 1.09. The van der Waals surface area contributed by atoms with Crippen LogP contribution in [0.3, 0.4) is 0 Å². The van der Waals surface area contributed by atoms with Gasteiger partial charge in [-0.1, -0.05) is 6.07 Å². The van der Waals surface area contributed by atoms with Crippen molar-refractivity contribution in [2.24, 2.45) is 4.99 Å². The number of aliphatic hydroxyl groups is 1. The van der Waals surface area contributed by atoms with Gasteiger partial charge in [0.15, 0.2) is 5.96 Å². The number of pyridine rings is 1. The molecule has 0 amide bonds. The molecule has 29 heavy (non-hydrogen) atoms. The molecule has 1 aliphatic carbocycles. The van der Waals surface area contributed by atoms with Gasteiger partial charge in [-0.05, 0) is 58.1 Å². The molecule has 2 atom stereocenters. The zero-order valence-corrected chi connectivity index (χ0v) is 20.1. The van der Waals surface area contributed by atoms with E-state index in [1.165, 1.54) is 0 Å². The molecule has 2 fully saturated rings. The van der Waals surface area contributed by atoms with Crippen molar-refractivity contribution in [3.05, 3.63) is 23.9 Å². The predicted molar refractivity (Wildman–Crippen MR) is 128 cm³/mol. The maximum absolute atomic E-state index is 9.67. The largest absolute Gasteiger partial charge is 0.393 e. The number of hydrogen-bond acceptors (Lipinski definition) is 5. The highest BCUT2D eigenvalue weighted by Crippen LogP contribution is 2.19. The Morgan fingerprint density at radius 2 is 1.90 bits per heavy atom. The molecule has 2 unspecified atom stereocenters. The van der Waals surface area contributed by atoms with Crippen molar-refractivity contribution in [1.29, 1.82) is 0 Å². The lowest BCUT2D eigenvalue weighted by atomic mass is 9.93. The molecule has 7 nitrogen and oxygen atoms in total. The highest BCUT2D eigenvalue weighted by Gasteiger charge is 2.23. The normalized spacial score (nSPS) is 27.9. The monoisotopic (exact) mass is 517 g/mol. The zero-order chi connectivity index (χ0) is 19.9. The van der Waals surface area contributed by atoms with Gasteiger partial charge in [0, 0.05) is 31.9 Å². The summed E-state index contributed by atoms with van der Waals surface area (Å²) < 4.78 is 5.80. The van der Waals surface area contributed by atoms with Crippen LogP contribution in [-0.4, -0.2) is 60.0 Å². The van der Waals surface area contributed by atoms with Crippen LogP contribution in [0.25, 0.3) is 0 Å². The minimum atomic E-state index is -0.139. The molecule has 1 aliphatic heterocycles. The Morgan fingerprint density at radius 3 is 2.48 bits per heavy atom. The van der Waals surface area contributed by atoms with Crippen LogP contribution in [0.2, 0.25) is 0 Å². The molecule has 1 saturated carbocycles. The van der Waals surface area contributed by atoms with Gasteiger partial charge in [0.05, 0.1) is 24.9 Å². The summed E-state index contributed by atoms with van der Waals surface area (Å²) in [4.78, 5) is 11.7. The third kappa shape index (κ3) is 7.57. The number of aliphatic imine (C=N–C) groups is 1. The maximum Gasteiger partial charge on any atom is 0.191 e. The summed E-state index contributed by atoms with van der Waals surface area (Å²) in [7, 11) is 0. The number of morpholine rings is 1. The number of aromatic nitrogens is 1. The number of aliphatic hydroxyl groups excluding tert-OH is 1. The highest BCUT2D eigenvalue weighted by molar-refractivity contribution is 14.0. The fourth-order valence-corrected chi connectivity index (χ4v) is 3.97. The van der Waals surface area contributed by atoms with Crippen molar-refractivity contribution in [1.82, 2.24) is 15.6 Å². The van der Waals surface area contributed by atoms with Crippen LogP contribution in [0.15, 0.2) is 23.3 Å². The third-order valence-corrected chi connectivity index (χ3v) is 5.35. The van der Waals surface area contributed by atoms with E-state index in [0.29, 0.717) is 12.6 Å². The Balaban J connectivity index is 0.00000300. The number of guanidine groups is 1. The number of rotatable bonds is 5. The summed E-state index contributed by atoms with van der Waals surface area (Å²) in [6, 6.07) is 4.57. The number of anilines is 1. The average molecular weight is 517 g/mol. The van der Waals surface area contributed by atoms with Crippen molar-refractivity contribution in [2.75, 3.05) is 24.5 Å². The van der Waals surface area contributed by atoms with Crippen molar-refractivity contribution in [2.45, 2.75) is 77.4 Å². The molecule has 3 N–H and O–H groups in total. The predicted octanol–water partition coefficient (Wildman–Crippen LogP) is 2.67. The Kier molecular flexibility index (Phi) is 9.91. The molecular formula is C21H36IN5O2. The first-order valence-corrected chi connectivity index (χ1v) is 10.6. The van der Waals surface area contributed by atoms with E-state index in [0.717, 1.165) is 62.7 Å². The minimum absolute atomic E-state index is 0. The SMILES string of the molecule is CCNC(=NCc1ccc(N2CC(C)OC(C)C2)nc1)NC1CCC(O)CC1.I. The fraction of sp³-hybridized carbons (Fsp3) is 0.714. The van der Waals surface area contributed by atoms with E-state index in [2.05, 4.69) is 53.4 Å². The second-order valence-electron chi connectivity index (χ2n) is 8.03. The van der Waals surface area contributed by atoms with Crippen LogP contribution in [0, 0.1) is 0 Å². The van der Waals surface area contributed by atoms with Crippen molar-refractivity contribution in [3.8, 4) is 0 Å². The van der Waals surface area contributed by atoms with Crippen LogP contribution in [0.4, 0.5) is 5.82 Å². The van der Waals surface area contributed by atoms with Gasteiger partial charge in [0.1, 0.15) is 5.82 Å². The van der Waals surface area contributed by atoms with E-state index in [9.17, 15) is 5.11 Å². The molecule has 2 heterocycles. The van der Waals surface area contributed by atoms with Gasteiger partial charge >= 0.3 is 0 Å². The van der Waals surface area contributed by atoms with Gasteiger partial charge in [0.25, 0.3) is 0 Å². The quantitative estimate of drug-likeness (QED) is 0.317. The van der Waals surface area contributed by atoms with Crippen molar-refractivity contribution in [3.63, 3.8) is 0 Å². The lowest BCUT2D eigenvalue weighted by molar-refractivity contribution is -0.00546. The Labute approximate surface area is 191 Å². The molecule has 0 radical (unpaired) electrons. The van der Waals surface area contributed by atoms with Crippen molar-refractivity contribution < 1.29 is 9.84 Å². The van der Waals surface area contributed by atoms with Crippen LogP contribution in [0.5, 0.6) is 0 Å². The molecule has 1 aromatic rings. The van der Waals surface area contributed by atoms with Gasteiger partial charge in [-0.2, -0.15) is 0 Å². The first-order chi connectivity index (χ1) is 13.5. The Morgan fingerprint density at radius 1 is 1.21 bits per heavy atom. The second-order valence-corrected chi connectivity index (χ2v) is 8.03. The maximum atomic E-state index is 9.67. The standard InChI is InChI=1S/C21H35N5O2.HI/c1-4-22-21(25-18-6-8-19(27)9-7-18)24-12-17-5-10-20(23-11-17)26-13-15(2)28-16(3)14-26;/h5,10-11,15-16,18-19,27H,4,6-9,12-14H2,1-3H3,(H2,22,24,25);1H. The summed E-state index contributed by atoms with van der Waals surface area (Å²) in [5.74, 6) is 1.84. The molecule has 3 rings (SSSR count). The molecule has 164 valence electrons. The molecule has 0 spiro atoms. The third-order valence-electron chi connectivity index (χ3n) is 5.35. The van der Waals surface area contributed by atoms with Gasteiger partial charge < -0.3 is 25.4 Å². The number of nitrogens with one attached hydrogen (secondary N) is 2. The summed E-state index contributed by atoms with van der Waals surface area (Å²) in [6.45, 7) is 9.45. The molecule has 2 aliphatic rings. The summed E-state index contributed by atoms with van der Waals surface area (Å²) in [6.07, 6.45) is 5.93. The van der Waals surface area contributed by atoms with E-state index in [1.54, 1.807) is 0 Å². The highest BCUT2D eigenvalue weighted by atomic mass is 127. The zero-order valence-electron chi connectivity index (χ0n) is 17.8. The molecule has 0 bridgehead atoms. The molecule has 1 aromatic heterocycles. The van der Waals surface area contributed by atoms with E-state index in [4.69, 9.17) is 9.73 Å². The van der Waals surface area contributed by atoms with Crippen LogP contribution in [-0.2, 0) is 11.3 Å². The minimum Gasteiger partial charge on any atom is -0.393 e. The Hall–Kier alpha value is -1.13. The van der Waals surface area contributed by atoms with Crippen LogP contribution < -0.4 is 15.5 Å². The smallest absolute Gasteiger partial charge is 0.191 e. The number of halogens is 1. The first-order valence-electron chi connectivity index (χ1n) is 10.6. The number of hydrogen-bond donors (Lipinski definition) is 3. The average Bonchev–Trinajstić information content (AvgIpc) is 2.68. The van der Waals surface area contributed by atoms with E-state index in [1.807, 2.05) is 6.20 Å². The van der Waals surface area contributed by atoms with E-state index >= 15 is 0 Å². The lowest BCUT2D eigenvalue weighted by Gasteiger charge is -2.36. The lowest BCUT2D eigenvalue weighted by Crippen LogP contribution is -2.45. The van der Waals surface area contributed by atoms with E-state index < -0.39 is 0 Å². The van der Waals surface area contributed by atoms with Crippen LogP contribution >= 0.6 is 24.0 Å². The first kappa shape index (κ1) is 24.1. The van der Waals surface area contributed by atoms with Gasteiger partial charge in [-0.25, -0.2) is 9.98 Å². The fourth-order valence-electron chi connectivity index (χ4n) is 3.97. The Bertz CT molecular complexity index is 624. The van der Waals surface area contributed by atoms with Gasteiger partial charge in [0.2, 0.25) is 0 Å². The van der Waals surface area contributed by atoms with Gasteiger partial charge in [-0.3, -0.25) is 0 Å². The van der Waals surface area contributed by atoms with E-state index in [-0.39, 0.29) is 42.3 Å². The summed E-state index contributed by atoms with van der Waals surface area (Å²) >= 11 is 0. The molecule has 1 saturated heterocycles. The topological polar surface area (TPSA) is 82.0 Å². The summed E-state index contributed by atoms with van der Waals surface area (Å²) in [5, 5.41) is 16.5. The molecule has 8 heteroatoms. The molecular weight excluding hydrogens is 481 g/mol. The molecule has 0 aromatic carbocycles. The number of ether oxygens (including phenoxy) is 1. The number of nitrogens with zero attached hydrogens (tertiary/aromatic N) is 3. The van der Waals surface area contributed by atoms with Crippen molar-refractivity contribution >= 4 is 35.8 Å².